The Morgan fingerprint density at radius 1 is 0.829 bits per heavy atom. The van der Waals surface area contributed by atoms with Gasteiger partial charge in [-0.3, -0.25) is 4.79 Å². The van der Waals surface area contributed by atoms with Crippen molar-refractivity contribution in [3.63, 3.8) is 0 Å². The maximum Gasteiger partial charge on any atom is 0.345 e. The van der Waals surface area contributed by atoms with Gasteiger partial charge in [-0.25, -0.2) is 4.79 Å². The Morgan fingerprint density at radius 2 is 1.46 bits per heavy atom. The number of hydrogen-bond acceptors (Lipinski definition) is 8. The Morgan fingerprint density at radius 3 is 2.14 bits per heavy atom. The summed E-state index contributed by atoms with van der Waals surface area (Å²) in [5.74, 6) is 1.40. The number of hydrogen-bond donors (Lipinski definition) is 0. The zero-order valence-corrected chi connectivity index (χ0v) is 19.7. The lowest BCUT2D eigenvalue weighted by molar-refractivity contribution is -0.144. The molecule has 0 spiro atoms. The van der Waals surface area contributed by atoms with E-state index in [0.717, 1.165) is 5.56 Å². The molecule has 3 aromatic rings. The van der Waals surface area contributed by atoms with Crippen molar-refractivity contribution in [1.29, 1.82) is 0 Å². The quantitative estimate of drug-likeness (QED) is 0.354. The van der Waals surface area contributed by atoms with E-state index in [9.17, 15) is 9.59 Å². The minimum absolute atomic E-state index is 0.146. The van der Waals surface area contributed by atoms with Crippen LogP contribution in [-0.4, -0.2) is 31.9 Å². The molecule has 8 heteroatoms. The third-order valence-electron chi connectivity index (χ3n) is 5.29. The lowest BCUT2D eigenvalue weighted by atomic mass is 10.0. The Kier molecular flexibility index (Phi) is 7.40. The highest BCUT2D eigenvalue weighted by atomic mass is 16.7. The molecule has 1 unspecified atom stereocenters. The zero-order chi connectivity index (χ0) is 24.8. The van der Waals surface area contributed by atoms with Crippen LogP contribution in [0.4, 0.5) is 0 Å². The molecule has 3 aromatic carbocycles. The molecule has 0 fully saturated rings. The molecule has 1 atom stereocenters. The minimum Gasteiger partial charge on any atom is -0.466 e. The Hall–Kier alpha value is -4.20. The van der Waals surface area contributed by atoms with Crippen molar-refractivity contribution in [3.05, 3.63) is 71.8 Å². The molecule has 1 aliphatic rings. The maximum atomic E-state index is 12.9. The summed E-state index contributed by atoms with van der Waals surface area (Å²) in [6.07, 6.45) is 0. The first-order valence-corrected chi connectivity index (χ1v) is 11.3. The molecule has 0 aliphatic carbocycles. The summed E-state index contributed by atoms with van der Waals surface area (Å²) in [4.78, 5) is 24.9. The number of ether oxygens (including phenoxy) is 6. The van der Waals surface area contributed by atoms with Gasteiger partial charge >= 0.3 is 11.9 Å². The number of fused-ring (bicyclic) bond motifs is 1. The monoisotopic (exact) mass is 478 g/mol. The molecule has 8 nitrogen and oxygen atoms in total. The van der Waals surface area contributed by atoms with Crippen molar-refractivity contribution < 1.29 is 38.0 Å². The summed E-state index contributed by atoms with van der Waals surface area (Å²) in [7, 11) is 0. The summed E-state index contributed by atoms with van der Waals surface area (Å²) in [5.41, 5.74) is 0.942. The van der Waals surface area contributed by atoms with Crippen LogP contribution in [0.25, 0.3) is 0 Å². The molecule has 35 heavy (non-hydrogen) atoms. The van der Waals surface area contributed by atoms with Gasteiger partial charge in [-0.2, -0.15) is 0 Å². The standard InChI is InChI=1S/C27H26O8/c1-4-30-26(28)17(3)18-9-11-19(12-10-18)34-22-7-6-8-23(25(22)27(29)31-5-2)35-20-13-14-21-24(15-20)33-16-32-21/h6-15,17H,4-5,16H2,1-3H3. The summed E-state index contributed by atoms with van der Waals surface area (Å²) in [6, 6.07) is 17.2. The van der Waals surface area contributed by atoms with Gasteiger partial charge in [-0.05, 0) is 62.7 Å². The van der Waals surface area contributed by atoms with E-state index in [2.05, 4.69) is 0 Å². The molecule has 1 heterocycles. The highest BCUT2D eigenvalue weighted by Gasteiger charge is 2.23. The van der Waals surface area contributed by atoms with E-state index in [-0.39, 0.29) is 36.4 Å². The number of esters is 2. The SMILES string of the molecule is CCOC(=O)c1c(Oc2ccc(C(C)C(=O)OCC)cc2)cccc1Oc1ccc2c(c1)OCO2. The number of carbonyl (C=O) groups excluding carboxylic acids is 2. The van der Waals surface area contributed by atoms with E-state index in [1.54, 1.807) is 81.4 Å². The van der Waals surface area contributed by atoms with Gasteiger partial charge in [0.1, 0.15) is 28.6 Å². The highest BCUT2D eigenvalue weighted by molar-refractivity contribution is 5.96. The predicted molar refractivity (Wildman–Crippen MR) is 127 cm³/mol. The van der Waals surface area contributed by atoms with Crippen molar-refractivity contribution in [2.24, 2.45) is 0 Å². The first kappa shape index (κ1) is 23.9. The van der Waals surface area contributed by atoms with Gasteiger partial charge in [-0.1, -0.05) is 18.2 Å². The van der Waals surface area contributed by atoms with E-state index in [4.69, 9.17) is 28.4 Å². The summed E-state index contributed by atoms with van der Waals surface area (Å²) in [5, 5.41) is 0. The van der Waals surface area contributed by atoms with Crippen LogP contribution in [0.2, 0.25) is 0 Å². The summed E-state index contributed by atoms with van der Waals surface area (Å²) in [6.45, 7) is 5.94. The Bertz CT molecular complexity index is 1200. The molecule has 0 radical (unpaired) electrons. The topological polar surface area (TPSA) is 89.5 Å². The van der Waals surface area contributed by atoms with Crippen LogP contribution in [0, 0.1) is 0 Å². The second kappa shape index (κ2) is 10.8. The molecule has 0 aromatic heterocycles. The lowest BCUT2D eigenvalue weighted by Crippen LogP contribution is -2.12. The van der Waals surface area contributed by atoms with Crippen molar-refractivity contribution in [2.75, 3.05) is 20.0 Å². The zero-order valence-electron chi connectivity index (χ0n) is 19.7. The first-order chi connectivity index (χ1) is 17.0. The third-order valence-corrected chi connectivity index (χ3v) is 5.29. The fraction of sp³-hybridized carbons (Fsp3) is 0.259. The fourth-order valence-electron chi connectivity index (χ4n) is 3.51. The Balaban J connectivity index is 1.60. The highest BCUT2D eigenvalue weighted by Crippen LogP contribution is 2.39. The summed E-state index contributed by atoms with van der Waals surface area (Å²) < 4.78 is 33.1. The van der Waals surface area contributed by atoms with Gasteiger partial charge in [0, 0.05) is 6.07 Å². The molecular formula is C27H26O8. The van der Waals surface area contributed by atoms with Crippen molar-refractivity contribution in [1.82, 2.24) is 0 Å². The largest absolute Gasteiger partial charge is 0.466 e. The van der Waals surface area contributed by atoms with Crippen LogP contribution in [0.3, 0.4) is 0 Å². The molecule has 182 valence electrons. The van der Waals surface area contributed by atoms with Crippen molar-refractivity contribution in [2.45, 2.75) is 26.7 Å². The van der Waals surface area contributed by atoms with Crippen molar-refractivity contribution >= 4 is 11.9 Å². The molecule has 0 saturated carbocycles. The van der Waals surface area contributed by atoms with Crippen LogP contribution in [-0.2, 0) is 14.3 Å². The molecule has 0 bridgehead atoms. The second-order valence-corrected chi connectivity index (χ2v) is 7.61. The fourth-order valence-corrected chi connectivity index (χ4v) is 3.51. The molecule has 1 aliphatic heterocycles. The first-order valence-electron chi connectivity index (χ1n) is 11.3. The van der Waals surface area contributed by atoms with E-state index in [1.165, 1.54) is 0 Å². The van der Waals surface area contributed by atoms with Gasteiger partial charge in [0.05, 0.1) is 19.1 Å². The van der Waals surface area contributed by atoms with Gasteiger partial charge in [0.2, 0.25) is 6.79 Å². The third kappa shape index (κ3) is 5.48. The average molecular weight is 478 g/mol. The van der Waals surface area contributed by atoms with E-state index in [1.807, 2.05) is 0 Å². The van der Waals surface area contributed by atoms with Crippen LogP contribution in [0.1, 0.15) is 42.6 Å². The van der Waals surface area contributed by atoms with Crippen LogP contribution >= 0.6 is 0 Å². The normalized spacial score (nSPS) is 12.5. The maximum absolute atomic E-state index is 12.9. The van der Waals surface area contributed by atoms with Crippen molar-refractivity contribution in [3.8, 4) is 34.5 Å². The second-order valence-electron chi connectivity index (χ2n) is 7.61. The molecule has 4 rings (SSSR count). The van der Waals surface area contributed by atoms with Gasteiger partial charge in [0.15, 0.2) is 11.5 Å². The van der Waals surface area contributed by atoms with Gasteiger partial charge < -0.3 is 28.4 Å². The Labute approximate surface area is 203 Å². The average Bonchev–Trinajstić information content (AvgIpc) is 3.32. The number of carbonyl (C=O) groups is 2. The van der Waals surface area contributed by atoms with E-state index in [0.29, 0.717) is 29.6 Å². The molecule has 0 saturated heterocycles. The number of rotatable bonds is 9. The van der Waals surface area contributed by atoms with Gasteiger partial charge in [-0.15, -0.1) is 0 Å². The molecule has 0 amide bonds. The van der Waals surface area contributed by atoms with Crippen LogP contribution < -0.4 is 18.9 Å². The predicted octanol–water partition coefficient (Wildman–Crippen LogP) is 5.84. The molecule has 0 N–H and O–H groups in total. The van der Waals surface area contributed by atoms with Crippen LogP contribution in [0.15, 0.2) is 60.7 Å². The van der Waals surface area contributed by atoms with E-state index >= 15 is 0 Å². The number of benzene rings is 3. The smallest absolute Gasteiger partial charge is 0.345 e. The molecular weight excluding hydrogens is 452 g/mol. The summed E-state index contributed by atoms with van der Waals surface area (Å²) >= 11 is 0. The van der Waals surface area contributed by atoms with Crippen LogP contribution in [0.5, 0.6) is 34.5 Å². The lowest BCUT2D eigenvalue weighted by Gasteiger charge is -2.16. The van der Waals surface area contributed by atoms with Gasteiger partial charge in [0.25, 0.3) is 0 Å². The minimum atomic E-state index is -0.577. The van der Waals surface area contributed by atoms with E-state index < -0.39 is 11.9 Å².